The molecule has 5 N–H and O–H groups in total. The molecule has 0 spiro atoms. The van der Waals surface area contributed by atoms with Crippen molar-refractivity contribution in [2.24, 2.45) is 11.5 Å². The van der Waals surface area contributed by atoms with E-state index in [-0.39, 0.29) is 6.42 Å². The molecule has 1 unspecified atom stereocenters. The summed E-state index contributed by atoms with van der Waals surface area (Å²) in [7, 11) is 0. The molecule has 0 radical (unpaired) electrons. The molecule has 8 nitrogen and oxygen atoms in total. The van der Waals surface area contributed by atoms with Gasteiger partial charge >= 0.3 is 6.09 Å². The van der Waals surface area contributed by atoms with Crippen LogP contribution in [0.5, 0.6) is 0 Å². The van der Waals surface area contributed by atoms with Crippen LogP contribution in [0.3, 0.4) is 0 Å². The summed E-state index contributed by atoms with van der Waals surface area (Å²) < 4.78 is 4.85. The summed E-state index contributed by atoms with van der Waals surface area (Å²) in [5.41, 5.74) is 11.6. The van der Waals surface area contributed by atoms with Crippen LogP contribution in [-0.4, -0.2) is 37.1 Å². The Morgan fingerprint density at radius 1 is 1.43 bits per heavy atom. The van der Waals surface area contributed by atoms with E-state index in [0.717, 1.165) is 0 Å². The normalized spacial score (nSPS) is 15.5. The number of carbonyl (C=O) groups is 3. The lowest BCUT2D eigenvalue weighted by Gasteiger charge is -2.15. The number of anilines is 2. The number of amides is 3. The Bertz CT molecular complexity index is 575. The van der Waals surface area contributed by atoms with Gasteiger partial charge in [-0.15, -0.1) is 0 Å². The lowest BCUT2D eigenvalue weighted by Crippen LogP contribution is -2.39. The first-order valence-electron chi connectivity index (χ1n) is 6.36. The molecule has 8 heteroatoms. The summed E-state index contributed by atoms with van der Waals surface area (Å²) in [5.74, 6) is -1.17. The van der Waals surface area contributed by atoms with Crippen molar-refractivity contribution in [3.05, 3.63) is 24.3 Å². The van der Waals surface area contributed by atoms with E-state index in [1.54, 1.807) is 24.3 Å². The summed E-state index contributed by atoms with van der Waals surface area (Å²) in [6.07, 6.45) is -0.659. The number of benzene rings is 1. The van der Waals surface area contributed by atoms with Crippen molar-refractivity contribution >= 4 is 29.3 Å². The molecule has 0 bridgehead atoms. The first-order valence-corrected chi connectivity index (χ1v) is 6.36. The molecule has 3 amide bonds. The van der Waals surface area contributed by atoms with E-state index in [1.165, 1.54) is 4.90 Å². The SMILES string of the molecule is NC(=O)CC(N)C(=O)Nc1cccc(N2CCOC2=O)c1. The van der Waals surface area contributed by atoms with Crippen LogP contribution in [0.1, 0.15) is 6.42 Å². The fourth-order valence-electron chi connectivity index (χ4n) is 1.92. The minimum atomic E-state index is -1.01. The highest BCUT2D eigenvalue weighted by Gasteiger charge is 2.24. The highest BCUT2D eigenvalue weighted by atomic mass is 16.6. The van der Waals surface area contributed by atoms with Gasteiger partial charge in [-0.05, 0) is 18.2 Å². The van der Waals surface area contributed by atoms with Gasteiger partial charge in [-0.3, -0.25) is 14.5 Å². The van der Waals surface area contributed by atoms with Crippen LogP contribution in [0.25, 0.3) is 0 Å². The van der Waals surface area contributed by atoms with Gasteiger partial charge in [0.05, 0.1) is 19.0 Å². The number of hydrogen-bond acceptors (Lipinski definition) is 5. The van der Waals surface area contributed by atoms with Crippen molar-refractivity contribution in [1.82, 2.24) is 0 Å². The Kier molecular flexibility index (Phi) is 4.39. The molecule has 0 aliphatic carbocycles. The molecule has 1 aromatic carbocycles. The van der Waals surface area contributed by atoms with Crippen LogP contribution in [0.2, 0.25) is 0 Å². The van der Waals surface area contributed by atoms with Crippen LogP contribution < -0.4 is 21.7 Å². The van der Waals surface area contributed by atoms with Crippen molar-refractivity contribution in [3.63, 3.8) is 0 Å². The van der Waals surface area contributed by atoms with Gasteiger partial charge in [-0.1, -0.05) is 6.07 Å². The van der Waals surface area contributed by atoms with Gasteiger partial charge in [0, 0.05) is 11.4 Å². The molecule has 1 fully saturated rings. The predicted molar refractivity (Wildman–Crippen MR) is 75.6 cm³/mol. The second-order valence-electron chi connectivity index (χ2n) is 4.58. The van der Waals surface area contributed by atoms with Gasteiger partial charge in [-0.2, -0.15) is 0 Å². The van der Waals surface area contributed by atoms with Crippen LogP contribution in [0.4, 0.5) is 16.2 Å². The zero-order valence-electron chi connectivity index (χ0n) is 11.2. The Labute approximate surface area is 121 Å². The minimum absolute atomic E-state index is 0.232. The third-order valence-electron chi connectivity index (χ3n) is 2.94. The third kappa shape index (κ3) is 3.69. The van der Waals surface area contributed by atoms with E-state index in [4.69, 9.17) is 16.2 Å². The second-order valence-corrected chi connectivity index (χ2v) is 4.58. The lowest BCUT2D eigenvalue weighted by atomic mass is 10.2. The monoisotopic (exact) mass is 292 g/mol. The van der Waals surface area contributed by atoms with Gasteiger partial charge in [-0.25, -0.2) is 4.79 Å². The van der Waals surface area contributed by atoms with Crippen molar-refractivity contribution in [3.8, 4) is 0 Å². The third-order valence-corrected chi connectivity index (χ3v) is 2.94. The molecule has 2 rings (SSSR count). The number of cyclic esters (lactones) is 1. The average molecular weight is 292 g/mol. The quantitative estimate of drug-likeness (QED) is 0.691. The molecule has 0 aromatic heterocycles. The molecule has 0 saturated carbocycles. The van der Waals surface area contributed by atoms with Gasteiger partial charge < -0.3 is 21.5 Å². The summed E-state index contributed by atoms with van der Waals surface area (Å²) in [6.45, 7) is 0.788. The predicted octanol–water partition coefficient (Wildman–Crippen LogP) is -0.216. The fourth-order valence-corrected chi connectivity index (χ4v) is 1.92. The minimum Gasteiger partial charge on any atom is -0.447 e. The highest BCUT2D eigenvalue weighted by molar-refractivity contribution is 5.98. The number of nitrogens with two attached hydrogens (primary N) is 2. The van der Waals surface area contributed by atoms with Crippen LogP contribution in [0.15, 0.2) is 24.3 Å². The van der Waals surface area contributed by atoms with Gasteiger partial charge in [0.2, 0.25) is 11.8 Å². The maximum atomic E-state index is 11.8. The first kappa shape index (κ1) is 14.8. The lowest BCUT2D eigenvalue weighted by molar-refractivity contribution is -0.123. The molecule has 1 aromatic rings. The summed E-state index contributed by atoms with van der Waals surface area (Å²) >= 11 is 0. The van der Waals surface area contributed by atoms with Crippen molar-refractivity contribution < 1.29 is 19.1 Å². The topological polar surface area (TPSA) is 128 Å². The number of nitrogens with zero attached hydrogens (tertiary/aromatic N) is 1. The van der Waals surface area contributed by atoms with Crippen molar-refractivity contribution in [2.45, 2.75) is 12.5 Å². The second kappa shape index (κ2) is 6.23. The molecule has 1 aliphatic rings. The maximum Gasteiger partial charge on any atom is 0.414 e. The van der Waals surface area contributed by atoms with Gasteiger partial charge in [0.1, 0.15) is 6.61 Å². The van der Waals surface area contributed by atoms with E-state index in [9.17, 15) is 14.4 Å². The molecule has 21 heavy (non-hydrogen) atoms. The number of carbonyl (C=O) groups excluding carboxylic acids is 3. The number of nitrogens with one attached hydrogen (secondary N) is 1. The summed E-state index contributed by atoms with van der Waals surface area (Å²) in [4.78, 5) is 35.5. The summed E-state index contributed by atoms with van der Waals surface area (Å²) in [6, 6.07) is 5.69. The average Bonchev–Trinajstić information content (AvgIpc) is 2.84. The summed E-state index contributed by atoms with van der Waals surface area (Å²) in [5, 5.41) is 2.58. The van der Waals surface area contributed by atoms with Crippen LogP contribution >= 0.6 is 0 Å². The zero-order chi connectivity index (χ0) is 15.4. The number of primary amides is 1. The standard InChI is InChI=1S/C13H16N4O4/c14-10(7-11(15)18)12(19)16-8-2-1-3-9(6-8)17-4-5-21-13(17)20/h1-3,6,10H,4-5,7,14H2,(H2,15,18)(H,16,19). The van der Waals surface area contributed by atoms with Crippen molar-refractivity contribution in [1.29, 1.82) is 0 Å². The molecule has 1 saturated heterocycles. The Balaban J connectivity index is 2.06. The van der Waals surface area contributed by atoms with E-state index in [2.05, 4.69) is 5.32 Å². The Morgan fingerprint density at radius 3 is 2.81 bits per heavy atom. The maximum absolute atomic E-state index is 11.8. The van der Waals surface area contributed by atoms with Crippen molar-refractivity contribution in [2.75, 3.05) is 23.4 Å². The Hall–Kier alpha value is -2.61. The van der Waals surface area contributed by atoms with E-state index in [1.807, 2.05) is 0 Å². The number of hydrogen-bond donors (Lipinski definition) is 3. The van der Waals surface area contributed by atoms with E-state index in [0.29, 0.717) is 24.5 Å². The fraction of sp³-hybridized carbons (Fsp3) is 0.308. The Morgan fingerprint density at radius 2 is 2.19 bits per heavy atom. The molecular formula is C13H16N4O4. The zero-order valence-corrected chi connectivity index (χ0v) is 11.2. The van der Waals surface area contributed by atoms with E-state index >= 15 is 0 Å². The molecule has 1 atom stereocenters. The van der Waals surface area contributed by atoms with Crippen LogP contribution in [-0.2, 0) is 14.3 Å². The van der Waals surface area contributed by atoms with Gasteiger partial charge in [0.15, 0.2) is 0 Å². The molecule has 1 heterocycles. The van der Waals surface area contributed by atoms with Gasteiger partial charge in [0.25, 0.3) is 0 Å². The highest BCUT2D eigenvalue weighted by Crippen LogP contribution is 2.22. The largest absolute Gasteiger partial charge is 0.447 e. The first-order chi connectivity index (χ1) is 9.97. The molecular weight excluding hydrogens is 276 g/mol. The molecule has 1 aliphatic heterocycles. The molecule has 112 valence electrons. The number of ether oxygens (including phenoxy) is 1. The smallest absolute Gasteiger partial charge is 0.414 e. The number of rotatable bonds is 5. The van der Waals surface area contributed by atoms with E-state index < -0.39 is 23.9 Å². The van der Waals surface area contributed by atoms with Crippen LogP contribution in [0, 0.1) is 0 Å².